The number of halogens is 2. The molecule has 1 saturated heterocycles. The third-order valence-corrected chi connectivity index (χ3v) is 4.20. The monoisotopic (exact) mass is 369 g/mol. The first-order chi connectivity index (χ1) is 10.5. The highest BCUT2D eigenvalue weighted by Gasteiger charge is 2.26. The summed E-state index contributed by atoms with van der Waals surface area (Å²) in [5.74, 6) is -0.918. The van der Waals surface area contributed by atoms with Gasteiger partial charge in [0.25, 0.3) is 0 Å². The second kappa shape index (κ2) is 7.54. The standard InChI is InChI=1S/C16H17BrFNO3/c1-22-16(21)11-6-8-19(9-7-11)15(20)5-2-12-10-13(17)3-4-14(12)18/h2-5,10-11H,6-9H2,1H3/b5-2+. The second-order valence-electron chi connectivity index (χ2n) is 5.12. The highest BCUT2D eigenvalue weighted by molar-refractivity contribution is 9.10. The van der Waals surface area contributed by atoms with Crippen molar-refractivity contribution in [2.75, 3.05) is 20.2 Å². The minimum absolute atomic E-state index is 0.138. The molecule has 0 spiro atoms. The number of rotatable bonds is 3. The van der Waals surface area contributed by atoms with Gasteiger partial charge in [0, 0.05) is 29.2 Å². The molecule has 1 heterocycles. The zero-order valence-electron chi connectivity index (χ0n) is 12.2. The third kappa shape index (κ3) is 4.16. The maximum absolute atomic E-state index is 13.6. The Hall–Kier alpha value is -1.69. The molecule has 1 amide bonds. The lowest BCUT2D eigenvalue weighted by Crippen LogP contribution is -2.39. The van der Waals surface area contributed by atoms with Crippen molar-refractivity contribution in [1.82, 2.24) is 4.90 Å². The highest BCUT2D eigenvalue weighted by atomic mass is 79.9. The van der Waals surface area contributed by atoms with Gasteiger partial charge in [0.05, 0.1) is 13.0 Å². The van der Waals surface area contributed by atoms with Gasteiger partial charge in [-0.1, -0.05) is 15.9 Å². The van der Waals surface area contributed by atoms with Crippen molar-refractivity contribution >= 4 is 33.9 Å². The van der Waals surface area contributed by atoms with Crippen LogP contribution in [0.2, 0.25) is 0 Å². The van der Waals surface area contributed by atoms with Crippen molar-refractivity contribution in [1.29, 1.82) is 0 Å². The van der Waals surface area contributed by atoms with Crippen LogP contribution in [0.25, 0.3) is 6.08 Å². The number of carbonyl (C=O) groups is 2. The molecule has 0 atom stereocenters. The van der Waals surface area contributed by atoms with Crippen LogP contribution in [0.5, 0.6) is 0 Å². The molecule has 0 radical (unpaired) electrons. The number of piperidine rings is 1. The Balaban J connectivity index is 1.94. The molecule has 0 aliphatic carbocycles. The van der Waals surface area contributed by atoms with E-state index in [0.29, 0.717) is 31.5 Å². The number of carbonyl (C=O) groups excluding carboxylic acids is 2. The van der Waals surface area contributed by atoms with E-state index < -0.39 is 0 Å². The molecule has 6 heteroatoms. The zero-order valence-corrected chi connectivity index (χ0v) is 13.8. The molecule has 22 heavy (non-hydrogen) atoms. The lowest BCUT2D eigenvalue weighted by atomic mass is 9.97. The van der Waals surface area contributed by atoms with Crippen LogP contribution in [0.1, 0.15) is 18.4 Å². The number of ether oxygens (including phenoxy) is 1. The summed E-state index contributed by atoms with van der Waals surface area (Å²) in [6.07, 6.45) is 4.02. The van der Waals surface area contributed by atoms with Crippen LogP contribution in [0.4, 0.5) is 4.39 Å². The van der Waals surface area contributed by atoms with Gasteiger partial charge in [-0.2, -0.15) is 0 Å². The van der Waals surface area contributed by atoms with E-state index in [0.717, 1.165) is 4.47 Å². The van der Waals surface area contributed by atoms with Crippen molar-refractivity contribution < 1.29 is 18.7 Å². The van der Waals surface area contributed by atoms with Gasteiger partial charge in [0.2, 0.25) is 5.91 Å². The van der Waals surface area contributed by atoms with Gasteiger partial charge in [-0.05, 0) is 37.1 Å². The fourth-order valence-corrected chi connectivity index (χ4v) is 2.79. The molecule has 0 unspecified atom stereocenters. The summed E-state index contributed by atoms with van der Waals surface area (Å²) in [6.45, 7) is 1.01. The molecule has 0 N–H and O–H groups in total. The average molecular weight is 370 g/mol. The van der Waals surface area contributed by atoms with E-state index in [9.17, 15) is 14.0 Å². The highest BCUT2D eigenvalue weighted by Crippen LogP contribution is 2.20. The molecule has 4 nitrogen and oxygen atoms in total. The van der Waals surface area contributed by atoms with Gasteiger partial charge < -0.3 is 9.64 Å². The van der Waals surface area contributed by atoms with Gasteiger partial charge in [-0.15, -0.1) is 0 Å². The first-order valence-corrected chi connectivity index (χ1v) is 7.80. The summed E-state index contributed by atoms with van der Waals surface area (Å²) in [4.78, 5) is 25.2. The second-order valence-corrected chi connectivity index (χ2v) is 6.04. The van der Waals surface area contributed by atoms with E-state index in [1.165, 1.54) is 25.3 Å². The molecular weight excluding hydrogens is 353 g/mol. The predicted octanol–water partition coefficient (Wildman–Crippen LogP) is 3.01. The van der Waals surface area contributed by atoms with E-state index in [1.807, 2.05) is 0 Å². The van der Waals surface area contributed by atoms with Crippen LogP contribution in [-0.4, -0.2) is 37.0 Å². The van der Waals surface area contributed by atoms with E-state index in [1.54, 1.807) is 17.0 Å². The van der Waals surface area contributed by atoms with Crippen molar-refractivity contribution in [2.45, 2.75) is 12.8 Å². The zero-order chi connectivity index (χ0) is 16.1. The number of amides is 1. The normalized spacial score (nSPS) is 16.0. The molecule has 1 aromatic rings. The maximum atomic E-state index is 13.6. The van der Waals surface area contributed by atoms with Gasteiger partial charge in [-0.25, -0.2) is 4.39 Å². The van der Waals surface area contributed by atoms with Gasteiger partial charge in [0.15, 0.2) is 0 Å². The van der Waals surface area contributed by atoms with Gasteiger partial charge in [0.1, 0.15) is 5.82 Å². The van der Waals surface area contributed by atoms with Crippen LogP contribution in [0.3, 0.4) is 0 Å². The number of nitrogens with zero attached hydrogens (tertiary/aromatic N) is 1. The Morgan fingerprint density at radius 3 is 2.68 bits per heavy atom. The lowest BCUT2D eigenvalue weighted by Gasteiger charge is -2.29. The van der Waals surface area contributed by atoms with Crippen LogP contribution >= 0.6 is 15.9 Å². The molecule has 118 valence electrons. The maximum Gasteiger partial charge on any atom is 0.308 e. The fraction of sp³-hybridized carbons (Fsp3) is 0.375. The number of hydrogen-bond donors (Lipinski definition) is 0. The Morgan fingerprint density at radius 1 is 1.36 bits per heavy atom. The molecule has 0 saturated carbocycles. The molecule has 1 fully saturated rings. The lowest BCUT2D eigenvalue weighted by molar-refractivity contribution is -0.148. The average Bonchev–Trinajstić information content (AvgIpc) is 2.54. The number of methoxy groups -OCH3 is 1. The minimum atomic E-state index is -0.378. The Morgan fingerprint density at radius 2 is 2.05 bits per heavy atom. The summed E-state index contributed by atoms with van der Waals surface area (Å²) >= 11 is 3.27. The van der Waals surface area contributed by atoms with Crippen molar-refractivity contribution in [3.8, 4) is 0 Å². The predicted molar refractivity (Wildman–Crippen MR) is 84.5 cm³/mol. The summed E-state index contributed by atoms with van der Waals surface area (Å²) in [5, 5.41) is 0. The smallest absolute Gasteiger partial charge is 0.308 e. The molecule has 2 rings (SSSR count). The van der Waals surface area contributed by atoms with Crippen molar-refractivity contribution in [3.63, 3.8) is 0 Å². The van der Waals surface area contributed by atoms with Crippen LogP contribution < -0.4 is 0 Å². The topological polar surface area (TPSA) is 46.6 Å². The minimum Gasteiger partial charge on any atom is -0.469 e. The van der Waals surface area contributed by atoms with Gasteiger partial charge in [-0.3, -0.25) is 9.59 Å². The summed E-state index contributed by atoms with van der Waals surface area (Å²) in [5.41, 5.74) is 0.354. The molecule has 1 aliphatic rings. The molecule has 0 bridgehead atoms. The van der Waals surface area contributed by atoms with Crippen LogP contribution in [-0.2, 0) is 14.3 Å². The summed E-state index contributed by atoms with van der Waals surface area (Å²) < 4.78 is 19.1. The molecule has 1 aliphatic heterocycles. The van der Waals surface area contributed by atoms with Crippen molar-refractivity contribution in [3.05, 3.63) is 40.1 Å². The fourth-order valence-electron chi connectivity index (χ4n) is 2.41. The Kier molecular flexibility index (Phi) is 5.71. The number of hydrogen-bond acceptors (Lipinski definition) is 3. The summed E-state index contributed by atoms with van der Waals surface area (Å²) in [7, 11) is 1.37. The number of benzene rings is 1. The Labute approximate surface area is 137 Å². The molecule has 1 aromatic carbocycles. The number of likely N-dealkylation sites (tertiary alicyclic amines) is 1. The SMILES string of the molecule is COC(=O)C1CCN(C(=O)/C=C/c2cc(Br)ccc2F)CC1. The third-order valence-electron chi connectivity index (χ3n) is 3.70. The van der Waals surface area contributed by atoms with Crippen LogP contribution in [0, 0.1) is 11.7 Å². The first-order valence-electron chi connectivity index (χ1n) is 7.01. The van der Waals surface area contributed by atoms with Gasteiger partial charge >= 0.3 is 5.97 Å². The van der Waals surface area contributed by atoms with Crippen molar-refractivity contribution in [2.24, 2.45) is 5.92 Å². The molecule has 0 aromatic heterocycles. The largest absolute Gasteiger partial charge is 0.469 e. The van der Waals surface area contributed by atoms with Crippen LogP contribution in [0.15, 0.2) is 28.7 Å². The molecular formula is C16H17BrFNO3. The number of esters is 1. The Bertz CT molecular complexity index is 595. The van der Waals surface area contributed by atoms with E-state index in [-0.39, 0.29) is 23.6 Å². The first kappa shape index (κ1) is 16.7. The van der Waals surface area contributed by atoms with E-state index >= 15 is 0 Å². The van der Waals surface area contributed by atoms with E-state index in [2.05, 4.69) is 15.9 Å². The summed E-state index contributed by atoms with van der Waals surface area (Å²) in [6, 6.07) is 4.56. The van der Waals surface area contributed by atoms with E-state index in [4.69, 9.17) is 4.74 Å². The quantitative estimate of drug-likeness (QED) is 0.607.